The van der Waals surface area contributed by atoms with E-state index in [0.29, 0.717) is 22.3 Å². The molecule has 2 aromatic heterocycles. The Bertz CT molecular complexity index is 555. The first-order valence-electron chi connectivity index (χ1n) is 3.90. The van der Waals surface area contributed by atoms with Crippen molar-refractivity contribution >= 4 is 23.3 Å². The second kappa shape index (κ2) is 4.82. The quantitative estimate of drug-likeness (QED) is 0.436. The fourth-order valence-electron chi connectivity index (χ4n) is 1.24. The number of rotatable bonds is 1. The molecule has 0 radical (unpaired) electrons. The number of H-pyrrole nitrogens is 2. The van der Waals surface area contributed by atoms with Crippen LogP contribution in [0.2, 0.25) is 0 Å². The van der Waals surface area contributed by atoms with E-state index in [1.165, 1.54) is 10.8 Å². The molecule has 0 aromatic carbocycles. The van der Waals surface area contributed by atoms with Crippen LogP contribution in [0.4, 0.5) is 0 Å². The second-order valence-electron chi connectivity index (χ2n) is 2.64. The zero-order chi connectivity index (χ0) is 9.42. The predicted octanol–water partition coefficient (Wildman–Crippen LogP) is -2.19. The van der Waals surface area contributed by atoms with Crippen LogP contribution in [0.25, 0.3) is 11.0 Å². The number of hydrogen-bond acceptors (Lipinski definition) is 3. The summed E-state index contributed by atoms with van der Waals surface area (Å²) in [6.07, 6.45) is 1.50. The zero-order valence-corrected chi connectivity index (χ0v) is 11.9. The molecule has 0 amide bonds. The molecule has 0 aliphatic heterocycles. The van der Waals surface area contributed by atoms with E-state index in [1.54, 1.807) is 0 Å². The topological polar surface area (TPSA) is 66.5 Å². The Morgan fingerprint density at radius 3 is 3.00 bits per heavy atom. The maximum atomic E-state index is 11.7. The van der Waals surface area contributed by atoms with Gasteiger partial charge in [0.05, 0.1) is 6.20 Å². The summed E-state index contributed by atoms with van der Waals surface area (Å²) in [5.74, 6) is 0. The van der Waals surface area contributed by atoms with Gasteiger partial charge in [0.2, 0.25) is 0 Å². The Hall–Kier alpha value is 0.206. The molecule has 0 aliphatic carbocycles. The van der Waals surface area contributed by atoms with Gasteiger partial charge in [0.25, 0.3) is 5.56 Å². The molecule has 2 N–H and O–H groups in total. The summed E-state index contributed by atoms with van der Waals surface area (Å²) < 4.78 is 1.91. The van der Waals surface area contributed by atoms with Gasteiger partial charge in [-0.2, -0.15) is 5.10 Å². The molecular formula is C7H8KN4OS+. The predicted molar refractivity (Wildman–Crippen MR) is 51.2 cm³/mol. The molecule has 7 heteroatoms. The Balaban J connectivity index is 0.000000980. The number of aromatic nitrogens is 4. The molecule has 0 fully saturated rings. The van der Waals surface area contributed by atoms with Gasteiger partial charge in [0, 0.05) is 6.54 Å². The Kier molecular flexibility index (Phi) is 4.23. The van der Waals surface area contributed by atoms with Crippen LogP contribution in [0.3, 0.4) is 0 Å². The number of aromatic amines is 2. The maximum Gasteiger partial charge on any atom is 1.00 e. The maximum absolute atomic E-state index is 11.7. The number of nitrogens with one attached hydrogen (secondary N) is 2. The van der Waals surface area contributed by atoms with E-state index in [1.807, 2.05) is 6.92 Å². The van der Waals surface area contributed by atoms with Gasteiger partial charge in [-0.05, 0) is 19.1 Å². The van der Waals surface area contributed by atoms with Crippen LogP contribution in [0, 0.1) is 4.77 Å². The van der Waals surface area contributed by atoms with Crippen molar-refractivity contribution in [3.8, 4) is 0 Å². The average Bonchev–Trinajstić information content (AvgIpc) is 2.53. The summed E-state index contributed by atoms with van der Waals surface area (Å²) in [6, 6.07) is 0. The SMILES string of the molecule is CCn1c(=S)[nH]c2[nH]ncc2c1=O.[K+]. The standard InChI is InChI=1S/C7H8N4OS.K/c1-2-11-6(12)4-3-8-10-5(4)9-7(11)13;/h3H,2H2,1H3,(H2,8,9,10,13);/q;+1. The minimum atomic E-state index is -0.102. The van der Waals surface area contributed by atoms with Crippen molar-refractivity contribution in [3.63, 3.8) is 0 Å². The molecule has 0 saturated heterocycles. The van der Waals surface area contributed by atoms with Crippen LogP contribution in [-0.2, 0) is 6.54 Å². The van der Waals surface area contributed by atoms with E-state index in [4.69, 9.17) is 12.2 Å². The molecule has 2 aromatic rings. The molecule has 0 bridgehead atoms. The smallest absolute Gasteiger partial charge is 0.317 e. The molecule has 2 heterocycles. The van der Waals surface area contributed by atoms with E-state index >= 15 is 0 Å². The molecule has 0 atom stereocenters. The Morgan fingerprint density at radius 1 is 1.64 bits per heavy atom. The molecule has 2 rings (SSSR count). The summed E-state index contributed by atoms with van der Waals surface area (Å²) >= 11 is 4.99. The molecular weight excluding hydrogens is 227 g/mol. The van der Waals surface area contributed by atoms with Crippen molar-refractivity contribution in [2.24, 2.45) is 0 Å². The summed E-state index contributed by atoms with van der Waals surface area (Å²) in [7, 11) is 0. The molecule has 68 valence electrons. The van der Waals surface area contributed by atoms with Crippen LogP contribution in [-0.4, -0.2) is 19.7 Å². The van der Waals surface area contributed by atoms with Crippen molar-refractivity contribution in [1.82, 2.24) is 19.7 Å². The van der Waals surface area contributed by atoms with Gasteiger partial charge >= 0.3 is 51.4 Å². The van der Waals surface area contributed by atoms with Crippen LogP contribution in [0.5, 0.6) is 0 Å². The van der Waals surface area contributed by atoms with Gasteiger partial charge in [-0.15, -0.1) is 0 Å². The number of fused-ring (bicyclic) bond motifs is 1. The molecule has 14 heavy (non-hydrogen) atoms. The molecule has 0 spiro atoms. The van der Waals surface area contributed by atoms with Gasteiger partial charge in [0.1, 0.15) is 11.0 Å². The van der Waals surface area contributed by atoms with E-state index in [2.05, 4.69) is 15.2 Å². The average molecular weight is 235 g/mol. The van der Waals surface area contributed by atoms with Crippen LogP contribution in [0.1, 0.15) is 6.92 Å². The second-order valence-corrected chi connectivity index (χ2v) is 3.02. The zero-order valence-electron chi connectivity index (χ0n) is 8.00. The third-order valence-corrected chi connectivity index (χ3v) is 2.23. The van der Waals surface area contributed by atoms with Crippen molar-refractivity contribution in [2.75, 3.05) is 0 Å². The molecule has 5 nitrogen and oxygen atoms in total. The van der Waals surface area contributed by atoms with Crippen molar-refractivity contribution in [2.45, 2.75) is 13.5 Å². The van der Waals surface area contributed by atoms with E-state index in [0.717, 1.165) is 0 Å². The third kappa shape index (κ3) is 1.93. The van der Waals surface area contributed by atoms with E-state index in [9.17, 15) is 4.79 Å². The minimum absolute atomic E-state index is 0. The first kappa shape index (κ1) is 12.3. The van der Waals surface area contributed by atoms with Gasteiger partial charge in [-0.3, -0.25) is 14.5 Å². The fraction of sp³-hybridized carbons (Fsp3) is 0.286. The van der Waals surface area contributed by atoms with Gasteiger partial charge in [0.15, 0.2) is 4.77 Å². The van der Waals surface area contributed by atoms with Crippen molar-refractivity contribution in [1.29, 1.82) is 0 Å². The van der Waals surface area contributed by atoms with Gasteiger partial charge in [-0.1, -0.05) is 0 Å². The largest absolute Gasteiger partial charge is 1.00 e. The monoisotopic (exact) mass is 235 g/mol. The normalized spacial score (nSPS) is 10.1. The Labute approximate surface area is 127 Å². The first-order chi connectivity index (χ1) is 6.24. The van der Waals surface area contributed by atoms with Crippen molar-refractivity contribution < 1.29 is 51.4 Å². The summed E-state index contributed by atoms with van der Waals surface area (Å²) in [5, 5.41) is 6.97. The summed E-state index contributed by atoms with van der Waals surface area (Å²) in [4.78, 5) is 14.5. The van der Waals surface area contributed by atoms with E-state index in [-0.39, 0.29) is 56.9 Å². The molecule has 0 unspecified atom stereocenters. The van der Waals surface area contributed by atoms with Gasteiger partial charge in [-0.25, -0.2) is 0 Å². The first-order valence-corrected chi connectivity index (χ1v) is 4.31. The number of nitrogens with zero attached hydrogens (tertiary/aromatic N) is 2. The molecule has 0 aliphatic rings. The van der Waals surface area contributed by atoms with Crippen LogP contribution in [0.15, 0.2) is 11.0 Å². The van der Waals surface area contributed by atoms with E-state index < -0.39 is 0 Å². The Morgan fingerprint density at radius 2 is 2.36 bits per heavy atom. The number of hydrogen-bond donors (Lipinski definition) is 2. The summed E-state index contributed by atoms with van der Waals surface area (Å²) in [6.45, 7) is 2.44. The summed E-state index contributed by atoms with van der Waals surface area (Å²) in [5.41, 5.74) is 0.481. The minimum Gasteiger partial charge on any atom is -0.317 e. The van der Waals surface area contributed by atoms with Crippen molar-refractivity contribution in [3.05, 3.63) is 21.3 Å². The third-order valence-electron chi connectivity index (χ3n) is 1.91. The fourth-order valence-corrected chi connectivity index (χ4v) is 1.56. The van der Waals surface area contributed by atoms with Crippen LogP contribution < -0.4 is 56.9 Å². The molecule has 0 saturated carbocycles. The van der Waals surface area contributed by atoms with Gasteiger partial charge < -0.3 is 4.98 Å². The van der Waals surface area contributed by atoms with Crippen LogP contribution >= 0.6 is 12.2 Å².